The maximum atomic E-state index is 11.3. The van der Waals surface area contributed by atoms with Crippen LogP contribution < -0.4 is 5.32 Å². The quantitative estimate of drug-likeness (QED) is 0.797. The van der Waals surface area contributed by atoms with Gasteiger partial charge in [-0.05, 0) is 50.1 Å². The fraction of sp³-hybridized carbons (Fsp3) is 0.154. The Labute approximate surface area is 127 Å². The summed E-state index contributed by atoms with van der Waals surface area (Å²) in [4.78, 5) is 11.3. The van der Waals surface area contributed by atoms with Crippen LogP contribution in [-0.4, -0.2) is 13.1 Å². The molecule has 1 N–H and O–H groups in total. The number of carbonyl (C=O) groups is 1. The molecule has 2 rings (SSSR count). The molecule has 0 aliphatic heterocycles. The molecule has 0 aliphatic rings. The second-order valence-corrected chi connectivity index (χ2v) is 5.45. The van der Waals surface area contributed by atoms with Crippen molar-refractivity contribution in [1.29, 1.82) is 0 Å². The molecule has 0 amide bonds. The molecule has 0 aliphatic carbocycles. The first kappa shape index (κ1) is 14.1. The lowest BCUT2D eigenvalue weighted by molar-refractivity contribution is 0.0600. The maximum absolute atomic E-state index is 11.3. The Morgan fingerprint density at radius 3 is 2.68 bits per heavy atom. The first-order chi connectivity index (χ1) is 9.11. The molecule has 0 bridgehead atoms. The van der Waals surface area contributed by atoms with Gasteiger partial charge in [-0.1, -0.05) is 6.07 Å². The van der Waals surface area contributed by atoms with E-state index in [0.29, 0.717) is 17.9 Å². The average molecular weight is 389 g/mol. The lowest BCUT2D eigenvalue weighted by atomic mass is 10.3. The third kappa shape index (κ3) is 3.39. The smallest absolute Gasteiger partial charge is 0.341 e. The molecule has 6 heteroatoms. The molecule has 1 heterocycles. The normalized spacial score (nSPS) is 10.3. The van der Waals surface area contributed by atoms with Crippen LogP contribution in [0.4, 0.5) is 5.69 Å². The van der Waals surface area contributed by atoms with Gasteiger partial charge in [-0.25, -0.2) is 4.79 Å². The van der Waals surface area contributed by atoms with Crippen LogP contribution in [0, 0.1) is 0 Å². The highest BCUT2D eigenvalue weighted by Crippen LogP contribution is 2.30. The number of rotatable bonds is 4. The number of hydrogen-bond acceptors (Lipinski definition) is 4. The molecule has 0 radical (unpaired) electrons. The molecule has 0 saturated heterocycles. The molecule has 100 valence electrons. The Bertz CT molecular complexity index is 575. The molecule has 4 nitrogen and oxygen atoms in total. The van der Waals surface area contributed by atoms with Crippen LogP contribution in [0.2, 0.25) is 0 Å². The minimum absolute atomic E-state index is 0.405. The van der Waals surface area contributed by atoms with Crippen LogP contribution in [0.25, 0.3) is 0 Å². The Morgan fingerprint density at radius 2 is 2.05 bits per heavy atom. The van der Waals surface area contributed by atoms with Gasteiger partial charge in [0.15, 0.2) is 0 Å². The zero-order valence-electron chi connectivity index (χ0n) is 10.1. The topological polar surface area (TPSA) is 51.5 Å². The van der Waals surface area contributed by atoms with Crippen molar-refractivity contribution in [1.82, 2.24) is 0 Å². The summed E-state index contributed by atoms with van der Waals surface area (Å²) in [6.07, 6.45) is 1.39. The number of para-hydroxylation sites is 1. The highest BCUT2D eigenvalue weighted by molar-refractivity contribution is 9.11. The van der Waals surface area contributed by atoms with Crippen molar-refractivity contribution in [3.63, 3.8) is 0 Å². The van der Waals surface area contributed by atoms with Crippen molar-refractivity contribution >= 4 is 43.5 Å². The third-order valence-electron chi connectivity index (χ3n) is 2.48. The minimum atomic E-state index is -0.405. The van der Waals surface area contributed by atoms with Crippen LogP contribution in [0.5, 0.6) is 0 Å². The van der Waals surface area contributed by atoms with Gasteiger partial charge in [0.2, 0.25) is 0 Å². The predicted octanol–water partition coefficient (Wildman–Crippen LogP) is 4.20. The van der Waals surface area contributed by atoms with Gasteiger partial charge < -0.3 is 14.5 Å². The summed E-state index contributed by atoms with van der Waals surface area (Å²) in [5.74, 6) is 0.250. The highest BCUT2D eigenvalue weighted by atomic mass is 79.9. The number of carbonyl (C=O) groups excluding carboxylic acids is 1. The first-order valence-corrected chi connectivity index (χ1v) is 7.04. The number of hydrogen-bond donors (Lipinski definition) is 1. The Kier molecular flexibility index (Phi) is 4.66. The van der Waals surface area contributed by atoms with Crippen LogP contribution in [-0.2, 0) is 11.3 Å². The van der Waals surface area contributed by atoms with Crippen molar-refractivity contribution in [2.24, 2.45) is 0 Å². The molecule has 2 aromatic rings. The van der Waals surface area contributed by atoms with Gasteiger partial charge >= 0.3 is 5.97 Å². The molecular formula is C13H11Br2NO3. The number of anilines is 1. The van der Waals surface area contributed by atoms with E-state index < -0.39 is 5.97 Å². The molecule has 19 heavy (non-hydrogen) atoms. The van der Waals surface area contributed by atoms with Crippen LogP contribution in [0.15, 0.2) is 43.9 Å². The molecule has 0 saturated carbocycles. The molecule has 0 unspecified atom stereocenters. The van der Waals surface area contributed by atoms with Gasteiger partial charge in [-0.3, -0.25) is 0 Å². The summed E-state index contributed by atoms with van der Waals surface area (Å²) in [5.41, 5.74) is 1.34. The number of halogens is 2. The Hall–Kier alpha value is -1.27. The second-order valence-electron chi connectivity index (χ2n) is 3.74. The Morgan fingerprint density at radius 1 is 1.37 bits per heavy atom. The fourth-order valence-electron chi connectivity index (χ4n) is 1.54. The number of nitrogens with one attached hydrogen (secondary N) is 1. The van der Waals surface area contributed by atoms with Gasteiger partial charge in [0.05, 0.1) is 24.9 Å². The van der Waals surface area contributed by atoms with Crippen molar-refractivity contribution < 1.29 is 13.9 Å². The van der Waals surface area contributed by atoms with E-state index >= 15 is 0 Å². The van der Waals surface area contributed by atoms with E-state index in [2.05, 4.69) is 41.9 Å². The molecule has 0 spiro atoms. The van der Waals surface area contributed by atoms with Gasteiger partial charge in [-0.15, -0.1) is 0 Å². The van der Waals surface area contributed by atoms with Gasteiger partial charge in [0.25, 0.3) is 0 Å². The lowest BCUT2D eigenvalue weighted by Gasteiger charge is -2.08. The van der Waals surface area contributed by atoms with E-state index in [1.807, 2.05) is 18.2 Å². The highest BCUT2D eigenvalue weighted by Gasteiger charge is 2.11. The fourth-order valence-corrected chi connectivity index (χ4v) is 2.82. The van der Waals surface area contributed by atoms with E-state index in [9.17, 15) is 4.79 Å². The van der Waals surface area contributed by atoms with Crippen LogP contribution in [0.3, 0.4) is 0 Å². The zero-order valence-corrected chi connectivity index (χ0v) is 13.2. The summed E-state index contributed by atoms with van der Waals surface area (Å²) in [5, 5.41) is 3.23. The number of esters is 1. The molecule has 1 aromatic carbocycles. The van der Waals surface area contributed by atoms with Crippen molar-refractivity contribution in [2.45, 2.75) is 6.54 Å². The lowest BCUT2D eigenvalue weighted by Crippen LogP contribution is -2.01. The number of furan rings is 1. The second kappa shape index (κ2) is 6.25. The van der Waals surface area contributed by atoms with Gasteiger partial charge in [-0.2, -0.15) is 0 Å². The van der Waals surface area contributed by atoms with E-state index in [0.717, 1.165) is 14.6 Å². The van der Waals surface area contributed by atoms with Gasteiger partial charge in [0, 0.05) is 8.95 Å². The summed E-state index contributed by atoms with van der Waals surface area (Å²) < 4.78 is 11.8. The van der Waals surface area contributed by atoms with Crippen molar-refractivity contribution in [3.8, 4) is 0 Å². The van der Waals surface area contributed by atoms with Crippen molar-refractivity contribution in [2.75, 3.05) is 12.4 Å². The van der Waals surface area contributed by atoms with Crippen LogP contribution in [0.1, 0.15) is 16.1 Å². The molecule has 1 aromatic heterocycles. The predicted molar refractivity (Wildman–Crippen MR) is 79.2 cm³/mol. The van der Waals surface area contributed by atoms with E-state index in [-0.39, 0.29) is 0 Å². The summed E-state index contributed by atoms with van der Waals surface area (Å²) in [7, 11) is 1.34. The minimum Gasteiger partial charge on any atom is -0.467 e. The molecule has 0 fully saturated rings. The average Bonchev–Trinajstić information content (AvgIpc) is 2.86. The monoisotopic (exact) mass is 387 g/mol. The number of ether oxygens (including phenoxy) is 1. The van der Waals surface area contributed by atoms with Gasteiger partial charge in [0.1, 0.15) is 12.0 Å². The first-order valence-electron chi connectivity index (χ1n) is 5.45. The number of benzene rings is 1. The van der Waals surface area contributed by atoms with E-state index in [4.69, 9.17) is 4.42 Å². The third-order valence-corrected chi connectivity index (χ3v) is 3.80. The summed E-state index contributed by atoms with van der Waals surface area (Å²) >= 11 is 6.93. The maximum Gasteiger partial charge on any atom is 0.341 e. The van der Waals surface area contributed by atoms with Crippen molar-refractivity contribution in [3.05, 3.63) is 50.8 Å². The summed E-state index contributed by atoms with van der Waals surface area (Å²) in [6.45, 7) is 0.470. The summed E-state index contributed by atoms with van der Waals surface area (Å²) in [6, 6.07) is 7.47. The Balaban J connectivity index is 2.07. The largest absolute Gasteiger partial charge is 0.467 e. The van der Waals surface area contributed by atoms with E-state index in [1.54, 1.807) is 6.07 Å². The molecular weight excluding hydrogens is 378 g/mol. The zero-order chi connectivity index (χ0) is 13.8. The SMILES string of the molecule is COC(=O)c1coc(CNc2c(Br)cccc2Br)c1. The van der Waals surface area contributed by atoms with Crippen LogP contribution >= 0.6 is 31.9 Å². The standard InChI is InChI=1S/C13H11Br2NO3/c1-18-13(17)8-5-9(19-7-8)6-16-12-10(14)3-2-4-11(12)15/h2-5,7,16H,6H2,1H3. The van der Waals surface area contributed by atoms with E-state index in [1.165, 1.54) is 13.4 Å². The number of methoxy groups -OCH3 is 1. The molecule has 0 atom stereocenters.